The minimum absolute atomic E-state index is 0.614. The fourth-order valence-corrected chi connectivity index (χ4v) is 1.80. The van der Waals surface area contributed by atoms with Gasteiger partial charge in [-0.15, -0.1) is 0 Å². The topological polar surface area (TPSA) is 12.0 Å². The number of aryl methyl sites for hydroxylation is 1. The molecule has 0 aliphatic carbocycles. The zero-order chi connectivity index (χ0) is 12.0. The van der Waals surface area contributed by atoms with Gasteiger partial charge in [-0.2, -0.15) is 0 Å². The van der Waals surface area contributed by atoms with Crippen molar-refractivity contribution in [1.82, 2.24) is 5.32 Å². The zero-order valence-electron chi connectivity index (χ0n) is 11.1. The maximum atomic E-state index is 3.58. The van der Waals surface area contributed by atoms with Gasteiger partial charge in [0.25, 0.3) is 0 Å². The van der Waals surface area contributed by atoms with E-state index >= 15 is 0 Å². The Hall–Kier alpha value is -0.820. The molecule has 1 rings (SSSR count). The van der Waals surface area contributed by atoms with Gasteiger partial charge in [0, 0.05) is 12.6 Å². The predicted molar refractivity (Wildman–Crippen MR) is 71.6 cm³/mol. The molecule has 0 aliphatic rings. The second-order valence-electron chi connectivity index (χ2n) is 5.24. The third-order valence-corrected chi connectivity index (χ3v) is 2.91. The van der Waals surface area contributed by atoms with Crippen molar-refractivity contribution < 1.29 is 0 Å². The molecular formula is C15H25N. The van der Waals surface area contributed by atoms with Crippen LogP contribution in [0.4, 0.5) is 0 Å². The molecule has 1 N–H and O–H groups in total. The first-order valence-corrected chi connectivity index (χ1v) is 6.37. The van der Waals surface area contributed by atoms with E-state index in [1.165, 1.54) is 24.0 Å². The first-order valence-electron chi connectivity index (χ1n) is 6.37. The molecule has 0 aromatic heterocycles. The van der Waals surface area contributed by atoms with Gasteiger partial charge in [-0.25, -0.2) is 0 Å². The molecular weight excluding hydrogens is 194 g/mol. The highest BCUT2D eigenvalue weighted by molar-refractivity contribution is 5.21. The van der Waals surface area contributed by atoms with Crippen LogP contribution in [0.3, 0.4) is 0 Å². The Balaban J connectivity index is 2.28. The molecule has 0 saturated carbocycles. The second kappa shape index (κ2) is 6.70. The van der Waals surface area contributed by atoms with Crippen LogP contribution in [0.2, 0.25) is 0 Å². The highest BCUT2D eigenvalue weighted by Crippen LogP contribution is 2.08. The van der Waals surface area contributed by atoms with Gasteiger partial charge in [0.05, 0.1) is 0 Å². The average molecular weight is 219 g/mol. The lowest BCUT2D eigenvalue weighted by atomic mass is 10.0. The van der Waals surface area contributed by atoms with Crippen molar-refractivity contribution in [1.29, 1.82) is 0 Å². The van der Waals surface area contributed by atoms with Crippen molar-refractivity contribution in [3.05, 3.63) is 35.4 Å². The molecule has 1 atom stereocenters. The quantitative estimate of drug-likeness (QED) is 0.765. The van der Waals surface area contributed by atoms with E-state index < -0.39 is 0 Å². The predicted octanol–water partition coefficient (Wildman–Crippen LogP) is 3.91. The second-order valence-corrected chi connectivity index (χ2v) is 5.24. The van der Waals surface area contributed by atoms with Crippen LogP contribution in [0.15, 0.2) is 24.3 Å². The van der Waals surface area contributed by atoms with Crippen LogP contribution in [0.5, 0.6) is 0 Å². The standard InChI is InChI=1S/C15H25N/c1-12(2)8-9-14(4)16-11-15-7-5-6-13(3)10-15/h5-7,10,12,14,16H,8-9,11H2,1-4H3. The maximum absolute atomic E-state index is 3.58. The average Bonchev–Trinajstić information content (AvgIpc) is 2.23. The summed E-state index contributed by atoms with van der Waals surface area (Å²) in [6, 6.07) is 9.33. The molecule has 0 heterocycles. The summed E-state index contributed by atoms with van der Waals surface area (Å²) >= 11 is 0. The van der Waals surface area contributed by atoms with Crippen LogP contribution in [0, 0.1) is 12.8 Å². The van der Waals surface area contributed by atoms with Gasteiger partial charge in [0.1, 0.15) is 0 Å². The lowest BCUT2D eigenvalue weighted by Crippen LogP contribution is -2.25. The summed E-state index contributed by atoms with van der Waals surface area (Å²) in [6.45, 7) is 9.98. The molecule has 1 aromatic rings. The highest BCUT2D eigenvalue weighted by atomic mass is 14.9. The summed E-state index contributed by atoms with van der Waals surface area (Å²) in [7, 11) is 0. The number of hydrogen-bond donors (Lipinski definition) is 1. The molecule has 0 fully saturated rings. The van der Waals surface area contributed by atoms with Gasteiger partial charge in [0.2, 0.25) is 0 Å². The van der Waals surface area contributed by atoms with Crippen molar-refractivity contribution in [2.75, 3.05) is 0 Å². The molecule has 0 radical (unpaired) electrons. The maximum Gasteiger partial charge on any atom is 0.0208 e. The van der Waals surface area contributed by atoms with Crippen LogP contribution in [-0.4, -0.2) is 6.04 Å². The van der Waals surface area contributed by atoms with Gasteiger partial charge >= 0.3 is 0 Å². The normalized spacial score (nSPS) is 13.1. The summed E-state index contributed by atoms with van der Waals surface area (Å²) in [4.78, 5) is 0. The summed E-state index contributed by atoms with van der Waals surface area (Å²) in [5.74, 6) is 0.809. The Bertz CT molecular complexity index is 304. The number of hydrogen-bond acceptors (Lipinski definition) is 1. The minimum Gasteiger partial charge on any atom is -0.310 e. The third-order valence-electron chi connectivity index (χ3n) is 2.91. The SMILES string of the molecule is Cc1cccc(CNC(C)CCC(C)C)c1. The van der Waals surface area contributed by atoms with Gasteiger partial charge in [0.15, 0.2) is 0 Å². The molecule has 16 heavy (non-hydrogen) atoms. The van der Waals surface area contributed by atoms with E-state index in [0.717, 1.165) is 12.5 Å². The van der Waals surface area contributed by atoms with Gasteiger partial charge < -0.3 is 5.32 Å². The van der Waals surface area contributed by atoms with Crippen LogP contribution < -0.4 is 5.32 Å². The molecule has 1 nitrogen and oxygen atoms in total. The Kier molecular flexibility index (Phi) is 5.54. The Morgan fingerprint density at radius 1 is 1.12 bits per heavy atom. The van der Waals surface area contributed by atoms with Gasteiger partial charge in [-0.3, -0.25) is 0 Å². The summed E-state index contributed by atoms with van der Waals surface area (Å²) in [6.07, 6.45) is 2.57. The monoisotopic (exact) mass is 219 g/mol. The lowest BCUT2D eigenvalue weighted by Gasteiger charge is -2.15. The van der Waals surface area contributed by atoms with Crippen molar-refractivity contribution in [3.63, 3.8) is 0 Å². The molecule has 90 valence electrons. The molecule has 1 heteroatoms. The zero-order valence-corrected chi connectivity index (χ0v) is 11.1. The Morgan fingerprint density at radius 2 is 1.88 bits per heavy atom. The summed E-state index contributed by atoms with van der Waals surface area (Å²) < 4.78 is 0. The van der Waals surface area contributed by atoms with E-state index in [0.29, 0.717) is 6.04 Å². The third kappa shape index (κ3) is 5.32. The first kappa shape index (κ1) is 13.2. The van der Waals surface area contributed by atoms with Gasteiger partial charge in [-0.1, -0.05) is 43.7 Å². The molecule has 0 amide bonds. The van der Waals surface area contributed by atoms with Crippen molar-refractivity contribution in [2.45, 2.75) is 53.1 Å². The van der Waals surface area contributed by atoms with Crippen LogP contribution in [-0.2, 0) is 6.54 Å². The first-order chi connectivity index (χ1) is 7.58. The van der Waals surface area contributed by atoms with E-state index in [9.17, 15) is 0 Å². The number of rotatable bonds is 6. The summed E-state index contributed by atoms with van der Waals surface area (Å²) in [5.41, 5.74) is 2.73. The largest absolute Gasteiger partial charge is 0.310 e. The Morgan fingerprint density at radius 3 is 2.50 bits per heavy atom. The van der Waals surface area contributed by atoms with Crippen molar-refractivity contribution in [2.24, 2.45) is 5.92 Å². The lowest BCUT2D eigenvalue weighted by molar-refractivity contribution is 0.450. The smallest absolute Gasteiger partial charge is 0.0208 e. The Labute approximate surface area is 100 Å². The fourth-order valence-electron chi connectivity index (χ4n) is 1.80. The molecule has 0 aliphatic heterocycles. The fraction of sp³-hybridized carbons (Fsp3) is 0.600. The number of benzene rings is 1. The van der Waals surface area contributed by atoms with E-state index in [-0.39, 0.29) is 0 Å². The molecule has 1 unspecified atom stereocenters. The molecule has 0 bridgehead atoms. The van der Waals surface area contributed by atoms with Gasteiger partial charge in [-0.05, 0) is 38.2 Å². The number of nitrogens with one attached hydrogen (secondary N) is 1. The molecule has 0 spiro atoms. The molecule has 0 saturated heterocycles. The van der Waals surface area contributed by atoms with Crippen LogP contribution >= 0.6 is 0 Å². The highest BCUT2D eigenvalue weighted by Gasteiger charge is 2.03. The molecule has 1 aromatic carbocycles. The van der Waals surface area contributed by atoms with Crippen molar-refractivity contribution >= 4 is 0 Å². The van der Waals surface area contributed by atoms with Crippen LogP contribution in [0.25, 0.3) is 0 Å². The van der Waals surface area contributed by atoms with Crippen LogP contribution in [0.1, 0.15) is 44.7 Å². The van der Waals surface area contributed by atoms with Crippen molar-refractivity contribution in [3.8, 4) is 0 Å². The summed E-state index contributed by atoms with van der Waals surface area (Å²) in [5, 5.41) is 3.58. The minimum atomic E-state index is 0.614. The van der Waals surface area contributed by atoms with E-state index in [4.69, 9.17) is 0 Å². The van der Waals surface area contributed by atoms with E-state index in [2.05, 4.69) is 57.3 Å². The van der Waals surface area contributed by atoms with E-state index in [1.807, 2.05) is 0 Å². The van der Waals surface area contributed by atoms with E-state index in [1.54, 1.807) is 0 Å².